The van der Waals surface area contributed by atoms with E-state index in [1.54, 1.807) is 10.7 Å². The van der Waals surface area contributed by atoms with Crippen molar-refractivity contribution in [3.05, 3.63) is 59.8 Å². The van der Waals surface area contributed by atoms with Crippen LogP contribution >= 0.6 is 0 Å². The van der Waals surface area contributed by atoms with Crippen LogP contribution in [-0.2, 0) is 9.53 Å². The molecule has 2 atom stereocenters. The number of aromatic nitrogens is 3. The minimum atomic E-state index is -4.35. The largest absolute Gasteiger partial charge is 0.389 e. The molecule has 2 amide bonds. The van der Waals surface area contributed by atoms with Crippen molar-refractivity contribution in [2.45, 2.75) is 70.4 Å². The first-order valence-corrected chi connectivity index (χ1v) is 16.0. The highest BCUT2D eigenvalue weighted by Gasteiger charge is 2.32. The highest BCUT2D eigenvalue weighted by atomic mass is 19.4. The number of hydrogen-bond acceptors (Lipinski definition) is 7. The summed E-state index contributed by atoms with van der Waals surface area (Å²) >= 11 is 0. The third kappa shape index (κ3) is 7.52. The van der Waals surface area contributed by atoms with E-state index >= 15 is 0 Å². The average molecular weight is 640 g/mol. The topological polar surface area (TPSA) is 95.3 Å². The Morgan fingerprint density at radius 2 is 1.72 bits per heavy atom. The molecule has 1 aromatic carbocycles. The van der Waals surface area contributed by atoms with Crippen LogP contribution in [0.15, 0.2) is 48.7 Å². The molecule has 3 aliphatic heterocycles. The van der Waals surface area contributed by atoms with Gasteiger partial charge < -0.3 is 19.9 Å². The maximum absolute atomic E-state index is 13.3. The van der Waals surface area contributed by atoms with E-state index in [2.05, 4.69) is 34.1 Å². The van der Waals surface area contributed by atoms with Crippen LogP contribution < -0.4 is 5.32 Å². The van der Waals surface area contributed by atoms with Gasteiger partial charge in [-0.25, -0.2) is 4.52 Å². The lowest BCUT2D eigenvalue weighted by Gasteiger charge is -2.43. The highest BCUT2D eigenvalue weighted by molar-refractivity contribution is 5.94. The van der Waals surface area contributed by atoms with Crippen molar-refractivity contribution in [2.75, 3.05) is 44.6 Å². The Morgan fingerprint density at radius 3 is 2.37 bits per heavy atom. The number of halogens is 3. The predicted octanol–water partition coefficient (Wildman–Crippen LogP) is 5.14. The number of alkyl halides is 3. The minimum Gasteiger partial charge on any atom is -0.373 e. The first-order chi connectivity index (χ1) is 22.0. The SMILES string of the molecule is CC1CN(C2CCN(C(=O)c3ccc(Nc4nc5c(C6=CCN(C(=O)CCC(F)(F)F)CC6)cccn5n4)cc3)CC2)CC(C)O1. The highest BCUT2D eigenvalue weighted by Crippen LogP contribution is 2.28. The third-order valence-corrected chi connectivity index (χ3v) is 9.00. The number of carbonyl (C=O) groups is 2. The molecule has 2 unspecified atom stereocenters. The first-order valence-electron chi connectivity index (χ1n) is 16.0. The molecule has 246 valence electrons. The van der Waals surface area contributed by atoms with E-state index in [1.165, 1.54) is 4.90 Å². The van der Waals surface area contributed by atoms with E-state index in [1.807, 2.05) is 47.4 Å². The Morgan fingerprint density at radius 1 is 1.00 bits per heavy atom. The quantitative estimate of drug-likeness (QED) is 0.383. The Balaban J connectivity index is 1.05. The summed E-state index contributed by atoms with van der Waals surface area (Å²) in [6.07, 6.45) is 0.555. The van der Waals surface area contributed by atoms with E-state index in [9.17, 15) is 22.8 Å². The molecule has 0 saturated carbocycles. The molecule has 3 aromatic rings. The molecule has 2 aromatic heterocycles. The van der Waals surface area contributed by atoms with Gasteiger partial charge in [0.05, 0.1) is 18.6 Å². The smallest absolute Gasteiger partial charge is 0.373 e. The summed E-state index contributed by atoms with van der Waals surface area (Å²) < 4.78 is 45.1. The number of rotatable bonds is 7. The van der Waals surface area contributed by atoms with Crippen molar-refractivity contribution in [1.29, 1.82) is 0 Å². The fourth-order valence-corrected chi connectivity index (χ4v) is 6.71. The van der Waals surface area contributed by atoms with E-state index in [0.717, 1.165) is 55.8 Å². The molecule has 46 heavy (non-hydrogen) atoms. The molecule has 5 heterocycles. The fraction of sp³-hybridized carbons (Fsp3) is 0.515. The van der Waals surface area contributed by atoms with Gasteiger partial charge in [0.1, 0.15) is 0 Å². The normalized spacial score (nSPS) is 21.8. The molecule has 0 spiro atoms. The number of nitrogens with one attached hydrogen (secondary N) is 1. The van der Waals surface area contributed by atoms with Gasteiger partial charge in [0.2, 0.25) is 11.9 Å². The lowest BCUT2D eigenvalue weighted by atomic mass is 10.00. The number of amides is 2. The molecule has 2 fully saturated rings. The summed E-state index contributed by atoms with van der Waals surface area (Å²) in [6.45, 7) is 8.19. The van der Waals surface area contributed by atoms with Gasteiger partial charge >= 0.3 is 6.18 Å². The van der Waals surface area contributed by atoms with Crippen molar-refractivity contribution in [3.8, 4) is 0 Å². The number of ether oxygens (including phenoxy) is 1. The molecular weight excluding hydrogens is 599 g/mol. The number of hydrogen-bond donors (Lipinski definition) is 1. The maximum atomic E-state index is 13.3. The monoisotopic (exact) mass is 639 g/mol. The Bertz CT molecular complexity index is 1570. The molecule has 13 heteroatoms. The number of likely N-dealkylation sites (tertiary alicyclic amines) is 1. The van der Waals surface area contributed by atoms with Gasteiger partial charge in [-0.2, -0.15) is 18.2 Å². The number of fused-ring (bicyclic) bond motifs is 1. The Hall–Kier alpha value is -3.97. The van der Waals surface area contributed by atoms with Gasteiger partial charge in [0, 0.05) is 74.7 Å². The van der Waals surface area contributed by atoms with Crippen molar-refractivity contribution >= 4 is 34.7 Å². The van der Waals surface area contributed by atoms with Crippen molar-refractivity contribution in [1.82, 2.24) is 29.3 Å². The molecule has 2 saturated heterocycles. The second-order valence-electron chi connectivity index (χ2n) is 12.5. The van der Waals surface area contributed by atoms with Crippen molar-refractivity contribution in [3.63, 3.8) is 0 Å². The van der Waals surface area contributed by atoms with E-state index in [-0.39, 0.29) is 24.7 Å². The molecule has 0 aliphatic carbocycles. The van der Waals surface area contributed by atoms with Crippen LogP contribution in [0.4, 0.5) is 24.8 Å². The lowest BCUT2D eigenvalue weighted by molar-refractivity contribution is -0.148. The molecule has 6 rings (SSSR count). The zero-order valence-corrected chi connectivity index (χ0v) is 26.2. The molecule has 10 nitrogen and oxygen atoms in total. The van der Waals surface area contributed by atoms with Crippen molar-refractivity contribution in [2.24, 2.45) is 0 Å². The standard InChI is InChI=1S/C33H40F3N7O3/c1-22-20-42(21-23(2)46-22)27-12-18-41(19-13-27)31(45)25-5-7-26(8-6-25)37-32-38-30-28(4-3-15-43(30)39-32)24-10-16-40(17-11-24)29(44)9-14-33(34,35)36/h3-8,10,15,22-23,27H,9,11-14,16-21H2,1-2H3,(H,37,39). The molecule has 1 N–H and O–H groups in total. The number of pyridine rings is 1. The zero-order chi connectivity index (χ0) is 32.4. The van der Waals surface area contributed by atoms with Crippen LogP contribution in [0.3, 0.4) is 0 Å². The van der Waals surface area contributed by atoms with E-state index in [4.69, 9.17) is 4.74 Å². The van der Waals surface area contributed by atoms with E-state index in [0.29, 0.717) is 36.2 Å². The summed E-state index contributed by atoms with van der Waals surface area (Å²) in [4.78, 5) is 36.1. The van der Waals surface area contributed by atoms with Gasteiger partial charge in [-0.3, -0.25) is 14.5 Å². The molecular formula is C33H40F3N7O3. The average Bonchev–Trinajstić information content (AvgIpc) is 3.46. The summed E-state index contributed by atoms with van der Waals surface area (Å²) in [5.74, 6) is -0.0726. The summed E-state index contributed by atoms with van der Waals surface area (Å²) in [7, 11) is 0. The first kappa shape index (κ1) is 32.0. The van der Waals surface area contributed by atoms with Crippen LogP contribution in [0, 0.1) is 0 Å². The molecule has 3 aliphatic rings. The van der Waals surface area contributed by atoms with Gasteiger partial charge in [0.25, 0.3) is 5.91 Å². The second kappa shape index (κ2) is 13.4. The Kier molecular flexibility index (Phi) is 9.32. The minimum absolute atomic E-state index is 0.0329. The lowest BCUT2D eigenvalue weighted by Crippen LogP contribution is -2.53. The summed E-state index contributed by atoms with van der Waals surface area (Å²) in [5, 5.41) is 7.77. The second-order valence-corrected chi connectivity index (χ2v) is 12.5. The number of benzene rings is 1. The van der Waals surface area contributed by atoms with E-state index < -0.39 is 24.9 Å². The summed E-state index contributed by atoms with van der Waals surface area (Å²) in [5.41, 5.74) is 3.83. The van der Waals surface area contributed by atoms with Crippen LogP contribution in [0.1, 0.15) is 61.9 Å². The van der Waals surface area contributed by atoms with Crippen LogP contribution in [-0.4, -0.2) is 105 Å². The van der Waals surface area contributed by atoms with Gasteiger partial charge in [-0.1, -0.05) is 6.08 Å². The van der Waals surface area contributed by atoms with Crippen LogP contribution in [0.25, 0.3) is 11.2 Å². The van der Waals surface area contributed by atoms with Crippen molar-refractivity contribution < 1.29 is 27.5 Å². The van der Waals surface area contributed by atoms with Gasteiger partial charge in [-0.15, -0.1) is 5.10 Å². The van der Waals surface area contributed by atoms with Crippen LogP contribution in [0.2, 0.25) is 0 Å². The predicted molar refractivity (Wildman–Crippen MR) is 168 cm³/mol. The molecule has 0 radical (unpaired) electrons. The van der Waals surface area contributed by atoms with Gasteiger partial charge in [-0.05, 0) is 75.1 Å². The number of piperidine rings is 1. The number of carbonyl (C=O) groups excluding carboxylic acids is 2. The fourth-order valence-electron chi connectivity index (χ4n) is 6.71. The van der Waals surface area contributed by atoms with Gasteiger partial charge in [0.15, 0.2) is 5.65 Å². The third-order valence-electron chi connectivity index (χ3n) is 9.00. The number of anilines is 2. The Labute approximate surface area is 266 Å². The molecule has 0 bridgehead atoms. The summed E-state index contributed by atoms with van der Waals surface area (Å²) in [6, 6.07) is 11.6. The number of morpholine rings is 1. The maximum Gasteiger partial charge on any atom is 0.389 e. The van der Waals surface area contributed by atoms with Crippen LogP contribution in [0.5, 0.6) is 0 Å². The zero-order valence-electron chi connectivity index (χ0n) is 26.2. The number of nitrogens with zero attached hydrogens (tertiary/aromatic N) is 6.